The van der Waals surface area contributed by atoms with E-state index in [1.54, 1.807) is 0 Å². The molecule has 1 aromatic rings. The molecule has 1 nitrogen and oxygen atoms in total. The van der Waals surface area contributed by atoms with E-state index in [9.17, 15) is 4.39 Å². The number of aromatic nitrogens is 1. The lowest BCUT2D eigenvalue weighted by Crippen LogP contribution is -1.91. The molecule has 0 aromatic carbocycles. The van der Waals surface area contributed by atoms with Crippen LogP contribution in [-0.2, 0) is 6.42 Å². The minimum absolute atomic E-state index is 0.285. The van der Waals surface area contributed by atoms with Crippen molar-refractivity contribution in [3.05, 3.63) is 28.8 Å². The van der Waals surface area contributed by atoms with Crippen molar-refractivity contribution in [2.75, 3.05) is 0 Å². The van der Waals surface area contributed by atoms with E-state index < -0.39 is 0 Å². The van der Waals surface area contributed by atoms with Crippen LogP contribution in [0.1, 0.15) is 12.6 Å². The number of halogens is 2. The van der Waals surface area contributed by atoms with Crippen LogP contribution in [-0.4, -0.2) is 4.98 Å². The smallest absolute Gasteiger partial charge is 0.144 e. The Morgan fingerprint density at radius 3 is 2.80 bits per heavy atom. The van der Waals surface area contributed by atoms with Crippen LogP contribution in [0.3, 0.4) is 0 Å². The fourth-order valence-corrected chi connectivity index (χ4v) is 0.871. The van der Waals surface area contributed by atoms with Crippen molar-refractivity contribution in [1.29, 1.82) is 0 Å². The van der Waals surface area contributed by atoms with E-state index in [2.05, 4.69) is 4.98 Å². The first-order valence-electron chi connectivity index (χ1n) is 3.05. The average Bonchev–Trinajstić information content (AvgIpc) is 1.94. The van der Waals surface area contributed by atoms with Gasteiger partial charge in [0.1, 0.15) is 11.0 Å². The second kappa shape index (κ2) is 2.97. The first-order chi connectivity index (χ1) is 4.74. The maximum absolute atomic E-state index is 12.6. The fraction of sp³-hybridized carbons (Fsp3) is 0.286. The van der Waals surface area contributed by atoms with Crippen LogP contribution in [0.2, 0.25) is 5.15 Å². The zero-order chi connectivity index (χ0) is 7.56. The maximum atomic E-state index is 12.6. The molecule has 3 heteroatoms. The van der Waals surface area contributed by atoms with Gasteiger partial charge in [-0.1, -0.05) is 18.5 Å². The molecule has 0 aliphatic heterocycles. The molecule has 0 fully saturated rings. The number of aryl methyl sites for hydroxylation is 1. The van der Waals surface area contributed by atoms with Crippen LogP contribution in [0, 0.1) is 5.82 Å². The largest absolute Gasteiger partial charge is 0.238 e. The van der Waals surface area contributed by atoms with Crippen LogP contribution < -0.4 is 0 Å². The predicted octanol–water partition coefficient (Wildman–Crippen LogP) is 2.44. The normalized spacial score (nSPS) is 9.90. The first kappa shape index (κ1) is 7.48. The van der Waals surface area contributed by atoms with Crippen molar-refractivity contribution < 1.29 is 4.39 Å². The predicted molar refractivity (Wildman–Crippen MR) is 38.6 cm³/mol. The second-order valence-electron chi connectivity index (χ2n) is 1.92. The lowest BCUT2D eigenvalue weighted by Gasteiger charge is -1.96. The molecule has 10 heavy (non-hydrogen) atoms. The van der Waals surface area contributed by atoms with Gasteiger partial charge in [-0.05, 0) is 18.6 Å². The molecule has 0 unspecified atom stereocenters. The summed E-state index contributed by atoms with van der Waals surface area (Å²) in [4.78, 5) is 3.78. The summed E-state index contributed by atoms with van der Waals surface area (Å²) in [5.41, 5.74) is 0.424. The van der Waals surface area contributed by atoms with Crippen molar-refractivity contribution in [2.24, 2.45) is 0 Å². The number of hydrogen-bond acceptors (Lipinski definition) is 1. The van der Waals surface area contributed by atoms with E-state index in [-0.39, 0.29) is 5.82 Å². The van der Waals surface area contributed by atoms with E-state index in [0.717, 1.165) is 0 Å². The van der Waals surface area contributed by atoms with Crippen molar-refractivity contribution >= 4 is 11.6 Å². The van der Waals surface area contributed by atoms with E-state index in [0.29, 0.717) is 17.3 Å². The highest BCUT2D eigenvalue weighted by Crippen LogP contribution is 2.09. The molecule has 0 spiro atoms. The summed E-state index contributed by atoms with van der Waals surface area (Å²) in [6, 6.07) is 2.77. The molecule has 0 saturated heterocycles. The van der Waals surface area contributed by atoms with Gasteiger partial charge in [0.05, 0.1) is 5.69 Å². The summed E-state index contributed by atoms with van der Waals surface area (Å²) in [6.07, 6.45) is 0.576. The summed E-state index contributed by atoms with van der Waals surface area (Å²) in [7, 11) is 0. The van der Waals surface area contributed by atoms with Gasteiger partial charge < -0.3 is 0 Å². The van der Waals surface area contributed by atoms with Gasteiger partial charge in [0.25, 0.3) is 0 Å². The summed E-state index contributed by atoms with van der Waals surface area (Å²) in [5, 5.41) is 0.346. The number of nitrogens with zero attached hydrogens (tertiary/aromatic N) is 1. The van der Waals surface area contributed by atoms with Crippen LogP contribution in [0.4, 0.5) is 4.39 Å². The third-order valence-corrected chi connectivity index (χ3v) is 1.43. The highest BCUT2D eigenvalue weighted by atomic mass is 35.5. The summed E-state index contributed by atoms with van der Waals surface area (Å²) < 4.78 is 12.6. The second-order valence-corrected chi connectivity index (χ2v) is 2.30. The Hall–Kier alpha value is -0.630. The highest BCUT2D eigenvalue weighted by Gasteiger charge is 2.00. The molecule has 0 aliphatic carbocycles. The van der Waals surface area contributed by atoms with E-state index in [1.165, 1.54) is 12.1 Å². The zero-order valence-electron chi connectivity index (χ0n) is 5.56. The van der Waals surface area contributed by atoms with Crippen LogP contribution in [0.15, 0.2) is 12.1 Å². The Kier molecular flexibility index (Phi) is 2.22. The molecule has 1 rings (SSSR count). The molecule has 0 atom stereocenters. The molecule has 1 aromatic heterocycles. The van der Waals surface area contributed by atoms with Crippen LogP contribution in [0.5, 0.6) is 0 Å². The van der Waals surface area contributed by atoms with Gasteiger partial charge in [0, 0.05) is 0 Å². The average molecular weight is 160 g/mol. The SMILES string of the molecule is CCc1nc(Cl)ccc1F. The number of hydrogen-bond donors (Lipinski definition) is 0. The van der Waals surface area contributed by atoms with Gasteiger partial charge in [-0.3, -0.25) is 0 Å². The number of pyridine rings is 1. The van der Waals surface area contributed by atoms with E-state index in [4.69, 9.17) is 11.6 Å². The molecular formula is C7H7ClFN. The highest BCUT2D eigenvalue weighted by molar-refractivity contribution is 6.29. The number of rotatable bonds is 1. The zero-order valence-corrected chi connectivity index (χ0v) is 6.32. The summed E-state index contributed by atoms with van der Waals surface area (Å²) >= 11 is 5.52. The Morgan fingerprint density at radius 2 is 2.30 bits per heavy atom. The molecular weight excluding hydrogens is 153 g/mol. The monoisotopic (exact) mass is 159 g/mol. The molecule has 0 amide bonds. The van der Waals surface area contributed by atoms with Gasteiger partial charge in [0.15, 0.2) is 0 Å². The molecule has 1 heterocycles. The van der Waals surface area contributed by atoms with Crippen molar-refractivity contribution in [2.45, 2.75) is 13.3 Å². The Balaban J connectivity index is 3.09. The lowest BCUT2D eigenvalue weighted by molar-refractivity contribution is 0.602. The molecule has 0 N–H and O–H groups in total. The third kappa shape index (κ3) is 1.45. The Morgan fingerprint density at radius 1 is 1.60 bits per heavy atom. The summed E-state index contributed by atoms with van der Waals surface area (Å²) in [5.74, 6) is -0.285. The van der Waals surface area contributed by atoms with Crippen molar-refractivity contribution in [1.82, 2.24) is 4.98 Å². The fourth-order valence-electron chi connectivity index (χ4n) is 0.706. The molecule has 0 saturated carbocycles. The minimum Gasteiger partial charge on any atom is -0.238 e. The molecule has 0 radical (unpaired) electrons. The first-order valence-corrected chi connectivity index (χ1v) is 3.42. The van der Waals surface area contributed by atoms with Gasteiger partial charge in [-0.25, -0.2) is 9.37 Å². The molecule has 0 aliphatic rings. The quantitative estimate of drug-likeness (QED) is 0.574. The van der Waals surface area contributed by atoms with Crippen molar-refractivity contribution in [3.8, 4) is 0 Å². The Labute approximate surface area is 63.8 Å². The molecule has 0 bridgehead atoms. The van der Waals surface area contributed by atoms with Gasteiger partial charge in [-0.2, -0.15) is 0 Å². The van der Waals surface area contributed by atoms with Crippen molar-refractivity contribution in [3.63, 3.8) is 0 Å². The lowest BCUT2D eigenvalue weighted by atomic mass is 10.3. The van der Waals surface area contributed by atoms with Gasteiger partial charge in [-0.15, -0.1) is 0 Å². The summed E-state index contributed by atoms with van der Waals surface area (Å²) in [6.45, 7) is 1.84. The van der Waals surface area contributed by atoms with Crippen LogP contribution >= 0.6 is 11.6 Å². The Bertz CT molecular complexity index is 237. The topological polar surface area (TPSA) is 12.9 Å². The third-order valence-electron chi connectivity index (χ3n) is 1.22. The van der Waals surface area contributed by atoms with Gasteiger partial charge in [0.2, 0.25) is 0 Å². The van der Waals surface area contributed by atoms with Gasteiger partial charge >= 0.3 is 0 Å². The maximum Gasteiger partial charge on any atom is 0.144 e. The minimum atomic E-state index is -0.285. The van der Waals surface area contributed by atoms with E-state index in [1.807, 2.05) is 6.92 Å². The van der Waals surface area contributed by atoms with Crippen LogP contribution in [0.25, 0.3) is 0 Å². The molecule has 54 valence electrons. The van der Waals surface area contributed by atoms with E-state index >= 15 is 0 Å². The standard InChI is InChI=1S/C7H7ClFN/c1-2-6-5(9)3-4-7(8)10-6/h3-4H,2H2,1H3.